The molecule has 1 aromatic carbocycles. The van der Waals surface area contributed by atoms with E-state index in [-0.39, 0.29) is 6.42 Å². The molecule has 0 aliphatic carbocycles. The maximum atomic E-state index is 12.4. The van der Waals surface area contributed by atoms with E-state index in [0.29, 0.717) is 5.56 Å². The van der Waals surface area contributed by atoms with Gasteiger partial charge in [0.2, 0.25) is 0 Å². The van der Waals surface area contributed by atoms with Gasteiger partial charge in [-0.2, -0.15) is 0 Å². The first-order chi connectivity index (χ1) is 7.88. The zero-order valence-electron chi connectivity index (χ0n) is 8.76. The highest BCUT2D eigenvalue weighted by Crippen LogP contribution is 2.25. The molecular formula is C10H10BBrF3N2-. The third-order valence-corrected chi connectivity index (χ3v) is 3.16. The van der Waals surface area contributed by atoms with Crippen LogP contribution in [0.2, 0.25) is 0 Å². The molecule has 2 rings (SSSR count). The standard InChI is InChI=1S/C10H10BBrF3N2/c12-7-1-2-8-6(5-17-9(8)4-7)3-10(16)11(13,14)15/h1-2,4-5,10,17H,3,16H2/q-1. The van der Waals surface area contributed by atoms with E-state index in [1.54, 1.807) is 18.3 Å². The normalized spacial score (nSPS) is 14.2. The molecule has 1 heterocycles. The molecule has 1 aromatic heterocycles. The average molecular weight is 306 g/mol. The first kappa shape index (κ1) is 12.5. The van der Waals surface area contributed by atoms with Gasteiger partial charge in [-0.15, -0.1) is 0 Å². The summed E-state index contributed by atoms with van der Waals surface area (Å²) in [6.07, 6.45) is 1.39. The van der Waals surface area contributed by atoms with E-state index >= 15 is 0 Å². The van der Waals surface area contributed by atoms with E-state index in [9.17, 15) is 12.9 Å². The van der Waals surface area contributed by atoms with Crippen molar-refractivity contribution in [2.75, 3.05) is 0 Å². The molecule has 1 unspecified atom stereocenters. The van der Waals surface area contributed by atoms with Gasteiger partial charge in [-0.1, -0.05) is 22.0 Å². The summed E-state index contributed by atoms with van der Waals surface area (Å²) in [6.45, 7) is -4.99. The number of hydrogen-bond donors (Lipinski definition) is 2. The summed E-state index contributed by atoms with van der Waals surface area (Å²) in [7, 11) is 0. The largest absolute Gasteiger partial charge is 0.494 e. The van der Waals surface area contributed by atoms with Gasteiger partial charge in [-0.3, -0.25) is 0 Å². The number of aromatic amines is 1. The average Bonchev–Trinajstić information content (AvgIpc) is 2.59. The van der Waals surface area contributed by atoms with E-state index in [2.05, 4.69) is 20.9 Å². The molecule has 17 heavy (non-hydrogen) atoms. The summed E-state index contributed by atoms with van der Waals surface area (Å²) in [5, 5.41) is 0.781. The minimum Gasteiger partial charge on any atom is -0.448 e. The van der Waals surface area contributed by atoms with Gasteiger partial charge in [0.1, 0.15) is 0 Å². The number of aromatic nitrogens is 1. The number of hydrogen-bond acceptors (Lipinski definition) is 1. The monoisotopic (exact) mass is 305 g/mol. The molecule has 7 heteroatoms. The van der Waals surface area contributed by atoms with E-state index in [1.165, 1.54) is 0 Å². The summed E-state index contributed by atoms with van der Waals surface area (Å²) >= 11 is 3.30. The Balaban J connectivity index is 2.31. The number of fused-ring (bicyclic) bond motifs is 1. The van der Waals surface area contributed by atoms with Crippen LogP contribution in [0.15, 0.2) is 28.9 Å². The fourth-order valence-electron chi connectivity index (χ4n) is 1.71. The lowest BCUT2D eigenvalue weighted by Gasteiger charge is -2.22. The second-order valence-corrected chi connectivity index (χ2v) is 4.91. The summed E-state index contributed by atoms with van der Waals surface area (Å²) in [5.41, 5.74) is 6.54. The molecule has 2 nitrogen and oxygen atoms in total. The SMILES string of the molecule is NC(Cc1c[nH]c2cc(Br)ccc12)[B-](F)(F)F. The topological polar surface area (TPSA) is 41.8 Å². The number of benzene rings is 1. The summed E-state index contributed by atoms with van der Waals surface area (Å²) in [6, 6.07) is 5.40. The number of nitrogens with two attached hydrogens (primary N) is 1. The van der Waals surface area contributed by atoms with Gasteiger partial charge in [0.15, 0.2) is 0 Å². The van der Waals surface area contributed by atoms with Crippen LogP contribution in [-0.2, 0) is 6.42 Å². The first-order valence-corrected chi connectivity index (χ1v) is 5.88. The molecule has 0 aliphatic heterocycles. The van der Waals surface area contributed by atoms with E-state index in [1.807, 2.05) is 6.07 Å². The van der Waals surface area contributed by atoms with Crippen LogP contribution < -0.4 is 5.73 Å². The molecule has 1 atom stereocenters. The second-order valence-electron chi connectivity index (χ2n) is 4.00. The first-order valence-electron chi connectivity index (χ1n) is 5.09. The van der Waals surface area contributed by atoms with Crippen molar-refractivity contribution in [1.29, 1.82) is 0 Å². The lowest BCUT2D eigenvalue weighted by atomic mass is 9.76. The fourth-order valence-corrected chi connectivity index (χ4v) is 2.08. The lowest BCUT2D eigenvalue weighted by molar-refractivity contribution is 0.436. The van der Waals surface area contributed by atoms with Crippen molar-refractivity contribution in [1.82, 2.24) is 4.98 Å². The maximum absolute atomic E-state index is 12.4. The molecule has 0 spiro atoms. The van der Waals surface area contributed by atoms with Crippen LogP contribution in [-0.4, -0.2) is 17.9 Å². The number of H-pyrrole nitrogens is 1. The van der Waals surface area contributed by atoms with Crippen molar-refractivity contribution >= 4 is 33.8 Å². The Morgan fingerprint density at radius 3 is 2.71 bits per heavy atom. The van der Waals surface area contributed by atoms with Gasteiger partial charge in [0.05, 0.1) is 0 Å². The van der Waals surface area contributed by atoms with Crippen LogP contribution in [0.1, 0.15) is 5.56 Å². The summed E-state index contributed by atoms with van der Waals surface area (Å²) in [4.78, 5) is 2.94. The number of nitrogens with one attached hydrogen (secondary N) is 1. The molecule has 0 radical (unpaired) electrons. The molecule has 0 saturated heterocycles. The predicted molar refractivity (Wildman–Crippen MR) is 66.8 cm³/mol. The quantitative estimate of drug-likeness (QED) is 0.840. The summed E-state index contributed by atoms with van der Waals surface area (Å²) < 4.78 is 38.2. The Labute approximate surface area is 105 Å². The highest BCUT2D eigenvalue weighted by atomic mass is 79.9. The van der Waals surface area contributed by atoms with Crippen molar-refractivity contribution < 1.29 is 12.9 Å². The molecule has 2 aromatic rings. The zero-order valence-corrected chi connectivity index (χ0v) is 10.3. The number of halogens is 4. The van der Waals surface area contributed by atoms with Gasteiger partial charge >= 0.3 is 6.98 Å². The molecule has 0 saturated carbocycles. The smallest absolute Gasteiger partial charge is 0.448 e. The second kappa shape index (κ2) is 4.38. The molecule has 0 amide bonds. The van der Waals surface area contributed by atoms with Crippen LogP contribution in [0.25, 0.3) is 10.9 Å². The minimum atomic E-state index is -4.99. The van der Waals surface area contributed by atoms with Gasteiger partial charge in [0.25, 0.3) is 0 Å². The Morgan fingerprint density at radius 1 is 1.35 bits per heavy atom. The molecule has 0 fully saturated rings. The molecular weight excluding hydrogens is 296 g/mol. The third-order valence-electron chi connectivity index (χ3n) is 2.67. The Kier molecular flexibility index (Phi) is 3.22. The van der Waals surface area contributed by atoms with Crippen LogP contribution in [0.3, 0.4) is 0 Å². The van der Waals surface area contributed by atoms with Crippen molar-refractivity contribution in [3.8, 4) is 0 Å². The third kappa shape index (κ3) is 2.66. The van der Waals surface area contributed by atoms with Crippen LogP contribution in [0, 0.1) is 0 Å². The Morgan fingerprint density at radius 2 is 2.06 bits per heavy atom. The van der Waals surface area contributed by atoms with E-state index in [0.717, 1.165) is 15.4 Å². The number of rotatable bonds is 3. The zero-order chi connectivity index (χ0) is 12.6. The highest BCUT2D eigenvalue weighted by Gasteiger charge is 2.32. The van der Waals surface area contributed by atoms with E-state index < -0.39 is 12.9 Å². The minimum absolute atomic E-state index is 0.189. The molecule has 0 aliphatic rings. The Hall–Kier alpha value is -0.945. The van der Waals surface area contributed by atoms with Crippen molar-refractivity contribution in [2.24, 2.45) is 5.73 Å². The molecule has 0 bridgehead atoms. The van der Waals surface area contributed by atoms with E-state index in [4.69, 9.17) is 5.73 Å². The van der Waals surface area contributed by atoms with Crippen molar-refractivity contribution in [3.05, 3.63) is 34.4 Å². The predicted octanol–water partition coefficient (Wildman–Crippen LogP) is 3.19. The van der Waals surface area contributed by atoms with Gasteiger partial charge in [-0.25, -0.2) is 0 Å². The van der Waals surface area contributed by atoms with Crippen LogP contribution in [0.4, 0.5) is 12.9 Å². The molecule has 92 valence electrons. The van der Waals surface area contributed by atoms with Crippen molar-refractivity contribution in [3.63, 3.8) is 0 Å². The van der Waals surface area contributed by atoms with Crippen molar-refractivity contribution in [2.45, 2.75) is 12.4 Å². The highest BCUT2D eigenvalue weighted by molar-refractivity contribution is 9.10. The van der Waals surface area contributed by atoms with Gasteiger partial charge in [0, 0.05) is 21.6 Å². The van der Waals surface area contributed by atoms with Crippen LogP contribution >= 0.6 is 15.9 Å². The van der Waals surface area contributed by atoms with Gasteiger partial charge in [-0.05, 0) is 30.1 Å². The maximum Gasteiger partial charge on any atom is 0.494 e. The summed E-state index contributed by atoms with van der Waals surface area (Å²) in [5.74, 6) is -1.77. The Bertz CT molecular complexity index is 538. The molecule has 3 N–H and O–H groups in total. The fraction of sp³-hybridized carbons (Fsp3) is 0.200. The lowest BCUT2D eigenvalue weighted by Crippen LogP contribution is -2.44. The van der Waals surface area contributed by atoms with Crippen LogP contribution in [0.5, 0.6) is 0 Å². The van der Waals surface area contributed by atoms with Gasteiger partial charge < -0.3 is 23.7 Å².